The Labute approximate surface area is 129 Å². The predicted molar refractivity (Wildman–Crippen MR) is 85.6 cm³/mol. The molecule has 1 N–H and O–H groups in total. The van der Waals surface area contributed by atoms with Crippen LogP contribution in [0, 0.1) is 11.3 Å². The quantitative estimate of drug-likeness (QED) is 0.822. The summed E-state index contributed by atoms with van der Waals surface area (Å²) in [6.07, 6.45) is 1.54. The second-order valence-corrected chi connectivity index (χ2v) is 8.96. The summed E-state index contributed by atoms with van der Waals surface area (Å²) < 4.78 is 7.20. The first-order chi connectivity index (χ1) is 8.89. The number of rotatable bonds is 6. The molecule has 0 saturated heterocycles. The van der Waals surface area contributed by atoms with Crippen LogP contribution in [-0.2, 0) is 11.3 Å². The van der Waals surface area contributed by atoms with Gasteiger partial charge in [0.05, 0.1) is 9.89 Å². The maximum atomic E-state index is 6.00. The highest BCUT2D eigenvalue weighted by Gasteiger charge is 2.48. The molecule has 0 aromatic carbocycles. The summed E-state index contributed by atoms with van der Waals surface area (Å²) in [6, 6.07) is 4.85. The fourth-order valence-electron chi connectivity index (χ4n) is 2.49. The molecule has 2 rings (SSSR count). The number of ether oxygens (including phenoxy) is 1. The van der Waals surface area contributed by atoms with Gasteiger partial charge in [0.1, 0.15) is 0 Å². The molecule has 1 fully saturated rings. The number of halogens is 1. The molecule has 4 heteroatoms. The van der Waals surface area contributed by atoms with Crippen molar-refractivity contribution < 1.29 is 4.74 Å². The van der Waals surface area contributed by atoms with Crippen LogP contribution in [0.1, 0.15) is 39.0 Å². The Hall–Kier alpha value is 0.1000. The number of hydrogen-bond donors (Lipinski definition) is 1. The van der Waals surface area contributed by atoms with Gasteiger partial charge in [0.25, 0.3) is 0 Å². The second-order valence-electron chi connectivity index (χ2n) is 6.41. The summed E-state index contributed by atoms with van der Waals surface area (Å²) in [6.45, 7) is 10.9. The molecule has 2 atom stereocenters. The molecule has 1 aromatic rings. The SMILES string of the molecule is CC(C)COC1CC(NCc2ccc(Br)s2)C1(C)C. The smallest absolute Gasteiger partial charge is 0.0701 e. The maximum absolute atomic E-state index is 6.00. The first kappa shape index (κ1) is 15.5. The van der Waals surface area contributed by atoms with Gasteiger partial charge >= 0.3 is 0 Å². The molecule has 1 saturated carbocycles. The molecule has 2 unspecified atom stereocenters. The lowest BCUT2D eigenvalue weighted by atomic mass is 9.64. The van der Waals surface area contributed by atoms with E-state index >= 15 is 0 Å². The molecule has 2 nitrogen and oxygen atoms in total. The highest BCUT2D eigenvalue weighted by atomic mass is 79.9. The average molecular weight is 346 g/mol. The highest BCUT2D eigenvalue weighted by molar-refractivity contribution is 9.11. The van der Waals surface area contributed by atoms with E-state index in [9.17, 15) is 0 Å². The lowest BCUT2D eigenvalue weighted by Gasteiger charge is -2.52. The fraction of sp³-hybridized carbons (Fsp3) is 0.733. The number of thiophene rings is 1. The Morgan fingerprint density at radius 1 is 1.47 bits per heavy atom. The van der Waals surface area contributed by atoms with E-state index in [1.165, 1.54) is 8.66 Å². The van der Waals surface area contributed by atoms with E-state index in [2.05, 4.69) is 61.1 Å². The molecule has 0 spiro atoms. The first-order valence-corrected chi connectivity index (χ1v) is 8.59. The van der Waals surface area contributed by atoms with Crippen LogP contribution in [0.5, 0.6) is 0 Å². The second kappa shape index (κ2) is 6.25. The van der Waals surface area contributed by atoms with Gasteiger partial charge in [0.15, 0.2) is 0 Å². The van der Waals surface area contributed by atoms with Crippen molar-refractivity contribution in [1.82, 2.24) is 5.32 Å². The van der Waals surface area contributed by atoms with E-state index in [-0.39, 0.29) is 5.41 Å². The molecule has 0 bridgehead atoms. The summed E-state index contributed by atoms with van der Waals surface area (Å²) in [5.41, 5.74) is 0.239. The molecule has 1 heterocycles. The molecular formula is C15H24BrNOS. The van der Waals surface area contributed by atoms with Gasteiger partial charge in [-0.1, -0.05) is 27.7 Å². The molecular weight excluding hydrogens is 322 g/mol. The van der Waals surface area contributed by atoms with Crippen LogP contribution in [0.25, 0.3) is 0 Å². The lowest BCUT2D eigenvalue weighted by Crippen LogP contribution is -2.60. The molecule has 0 amide bonds. The maximum Gasteiger partial charge on any atom is 0.0701 e. The molecule has 1 aliphatic rings. The number of hydrogen-bond acceptors (Lipinski definition) is 3. The van der Waals surface area contributed by atoms with Crippen molar-refractivity contribution in [3.8, 4) is 0 Å². The van der Waals surface area contributed by atoms with Crippen molar-refractivity contribution in [2.24, 2.45) is 11.3 Å². The Morgan fingerprint density at radius 2 is 2.21 bits per heavy atom. The molecule has 0 aliphatic heterocycles. The molecule has 108 valence electrons. The van der Waals surface area contributed by atoms with Crippen molar-refractivity contribution in [1.29, 1.82) is 0 Å². The van der Waals surface area contributed by atoms with Gasteiger partial charge in [0.2, 0.25) is 0 Å². The van der Waals surface area contributed by atoms with Gasteiger partial charge in [-0.05, 0) is 40.4 Å². The zero-order chi connectivity index (χ0) is 14.0. The summed E-state index contributed by atoms with van der Waals surface area (Å²) in [4.78, 5) is 1.38. The van der Waals surface area contributed by atoms with Crippen molar-refractivity contribution in [2.45, 2.75) is 52.8 Å². The third-order valence-corrected chi connectivity index (χ3v) is 5.58. The molecule has 1 aromatic heterocycles. The largest absolute Gasteiger partial charge is 0.377 e. The van der Waals surface area contributed by atoms with Gasteiger partial charge in [0, 0.05) is 29.5 Å². The van der Waals surface area contributed by atoms with Gasteiger partial charge in [-0.3, -0.25) is 0 Å². The zero-order valence-electron chi connectivity index (χ0n) is 12.2. The molecule has 1 aliphatic carbocycles. The van der Waals surface area contributed by atoms with E-state index in [1.807, 2.05) is 0 Å². The minimum absolute atomic E-state index is 0.239. The first-order valence-electron chi connectivity index (χ1n) is 6.98. The van der Waals surface area contributed by atoms with E-state index in [0.717, 1.165) is 19.6 Å². The predicted octanol–water partition coefficient (Wildman–Crippen LogP) is 4.44. The van der Waals surface area contributed by atoms with Crippen LogP contribution in [0.15, 0.2) is 15.9 Å². The standard InChI is InChI=1S/C15H24BrNOS/c1-10(2)9-18-13-7-12(15(13,3)4)17-8-11-5-6-14(16)19-11/h5-6,10,12-13,17H,7-9H2,1-4H3. The van der Waals surface area contributed by atoms with E-state index < -0.39 is 0 Å². The number of nitrogens with one attached hydrogen (secondary N) is 1. The molecule has 0 radical (unpaired) electrons. The van der Waals surface area contributed by atoms with Gasteiger partial charge in [-0.15, -0.1) is 11.3 Å². The van der Waals surface area contributed by atoms with Crippen LogP contribution >= 0.6 is 27.3 Å². The van der Waals surface area contributed by atoms with Crippen molar-refractivity contribution in [2.75, 3.05) is 6.61 Å². The van der Waals surface area contributed by atoms with Gasteiger partial charge in [-0.2, -0.15) is 0 Å². The summed E-state index contributed by atoms with van der Waals surface area (Å²) >= 11 is 5.31. The monoisotopic (exact) mass is 345 g/mol. The van der Waals surface area contributed by atoms with Crippen molar-refractivity contribution in [3.63, 3.8) is 0 Å². The minimum atomic E-state index is 0.239. The van der Waals surface area contributed by atoms with E-state index in [0.29, 0.717) is 18.1 Å². The van der Waals surface area contributed by atoms with Crippen LogP contribution in [0.4, 0.5) is 0 Å². The summed E-state index contributed by atoms with van der Waals surface area (Å²) in [7, 11) is 0. The average Bonchev–Trinajstić information content (AvgIpc) is 2.72. The third-order valence-electron chi connectivity index (χ3n) is 3.96. The molecule has 19 heavy (non-hydrogen) atoms. The van der Waals surface area contributed by atoms with Crippen LogP contribution in [0.3, 0.4) is 0 Å². The van der Waals surface area contributed by atoms with Crippen LogP contribution in [-0.4, -0.2) is 18.8 Å². The Balaban J connectivity index is 1.77. The Kier molecular flexibility index (Phi) is 5.09. The zero-order valence-corrected chi connectivity index (χ0v) is 14.6. The summed E-state index contributed by atoms with van der Waals surface area (Å²) in [5, 5.41) is 3.67. The third kappa shape index (κ3) is 3.81. The highest BCUT2D eigenvalue weighted by Crippen LogP contribution is 2.43. The topological polar surface area (TPSA) is 21.3 Å². The van der Waals surface area contributed by atoms with Crippen molar-refractivity contribution in [3.05, 3.63) is 20.8 Å². The minimum Gasteiger partial charge on any atom is -0.377 e. The summed E-state index contributed by atoms with van der Waals surface area (Å²) in [5.74, 6) is 0.617. The lowest BCUT2D eigenvalue weighted by molar-refractivity contribution is -0.124. The van der Waals surface area contributed by atoms with Crippen LogP contribution < -0.4 is 5.32 Å². The van der Waals surface area contributed by atoms with Crippen molar-refractivity contribution >= 4 is 27.3 Å². The fourth-order valence-corrected chi connectivity index (χ4v) is 3.93. The Morgan fingerprint density at radius 3 is 2.74 bits per heavy atom. The van der Waals surface area contributed by atoms with Gasteiger partial charge in [-0.25, -0.2) is 0 Å². The normalized spacial score (nSPS) is 25.6. The van der Waals surface area contributed by atoms with E-state index in [4.69, 9.17) is 4.74 Å². The Bertz CT molecular complexity index is 416. The van der Waals surface area contributed by atoms with Crippen LogP contribution in [0.2, 0.25) is 0 Å². The van der Waals surface area contributed by atoms with Gasteiger partial charge < -0.3 is 10.1 Å². The van der Waals surface area contributed by atoms with E-state index in [1.54, 1.807) is 11.3 Å².